The van der Waals surface area contributed by atoms with Gasteiger partial charge in [0.05, 0.1) is 6.54 Å². The van der Waals surface area contributed by atoms with E-state index < -0.39 is 12.7 Å². The molecule has 132 valence electrons. The molecule has 0 heterocycles. The van der Waals surface area contributed by atoms with Crippen LogP contribution in [0.5, 0.6) is 0 Å². The normalized spacial score (nSPS) is 12.0. The maximum absolute atomic E-state index is 12.2. The highest BCUT2D eigenvalue weighted by Gasteiger charge is 2.28. The Hall–Kier alpha value is -1.03. The molecule has 4 nitrogen and oxygen atoms in total. The summed E-state index contributed by atoms with van der Waals surface area (Å²) >= 11 is 0. The molecule has 1 rings (SSSR count). The number of aliphatic imine (C=N–C) groups is 1. The maximum atomic E-state index is 12.2. The average molecular weight is 444 g/mol. The average Bonchev–Trinajstić information content (AvgIpc) is 2.40. The maximum Gasteiger partial charge on any atom is 0.401 e. The predicted octanol–water partition coefficient (Wildman–Crippen LogP) is 2.77. The Morgan fingerprint density at radius 2 is 1.96 bits per heavy atom. The van der Waals surface area contributed by atoms with E-state index in [1.807, 2.05) is 25.1 Å². The number of alkyl halides is 3. The fourth-order valence-electron chi connectivity index (χ4n) is 1.98. The summed E-state index contributed by atoms with van der Waals surface area (Å²) in [5.41, 5.74) is 2.30. The van der Waals surface area contributed by atoms with Crippen LogP contribution in [-0.2, 0) is 6.54 Å². The second-order valence-corrected chi connectivity index (χ2v) is 5.19. The molecule has 0 aliphatic rings. The highest BCUT2D eigenvalue weighted by molar-refractivity contribution is 14.0. The Bertz CT molecular complexity index is 492. The number of benzene rings is 1. The van der Waals surface area contributed by atoms with Crippen LogP contribution in [0.2, 0.25) is 0 Å². The third-order valence-electron chi connectivity index (χ3n) is 3.00. The zero-order valence-corrected chi connectivity index (χ0v) is 15.9. The van der Waals surface area contributed by atoms with Crippen molar-refractivity contribution >= 4 is 29.9 Å². The van der Waals surface area contributed by atoms with Crippen LogP contribution in [0, 0.1) is 6.92 Å². The molecule has 0 aromatic heterocycles. The lowest BCUT2D eigenvalue weighted by Gasteiger charge is -2.19. The van der Waals surface area contributed by atoms with E-state index in [2.05, 4.69) is 21.7 Å². The first kappa shape index (κ1) is 22.0. The van der Waals surface area contributed by atoms with Crippen molar-refractivity contribution in [2.75, 3.05) is 33.7 Å². The molecule has 0 unspecified atom stereocenters. The van der Waals surface area contributed by atoms with Crippen molar-refractivity contribution in [2.45, 2.75) is 19.6 Å². The molecule has 1 aromatic carbocycles. The van der Waals surface area contributed by atoms with E-state index in [1.54, 1.807) is 7.05 Å². The van der Waals surface area contributed by atoms with Crippen LogP contribution < -0.4 is 10.6 Å². The molecule has 0 aliphatic carbocycles. The molecule has 0 amide bonds. The summed E-state index contributed by atoms with van der Waals surface area (Å²) in [7, 11) is 3.07. The Kier molecular flexibility index (Phi) is 10.2. The summed E-state index contributed by atoms with van der Waals surface area (Å²) in [6, 6.07) is 8.07. The molecule has 0 atom stereocenters. The van der Waals surface area contributed by atoms with Crippen molar-refractivity contribution in [1.82, 2.24) is 15.5 Å². The van der Waals surface area contributed by atoms with Gasteiger partial charge in [0.1, 0.15) is 0 Å². The number of hydrogen-bond acceptors (Lipinski definition) is 2. The number of hydrogen-bond donors (Lipinski definition) is 2. The summed E-state index contributed by atoms with van der Waals surface area (Å²) in [6.07, 6.45) is -4.17. The third kappa shape index (κ3) is 10.4. The minimum absolute atomic E-state index is 0. The van der Waals surface area contributed by atoms with Crippen LogP contribution in [-0.4, -0.2) is 50.8 Å². The van der Waals surface area contributed by atoms with Crippen molar-refractivity contribution in [3.05, 3.63) is 35.4 Å². The first-order valence-corrected chi connectivity index (χ1v) is 7.05. The summed E-state index contributed by atoms with van der Waals surface area (Å²) in [5.74, 6) is 0.571. The van der Waals surface area contributed by atoms with E-state index in [1.165, 1.54) is 17.5 Å². The number of guanidine groups is 1. The van der Waals surface area contributed by atoms with Gasteiger partial charge in [-0.3, -0.25) is 9.89 Å². The lowest BCUT2D eigenvalue weighted by atomic mass is 10.1. The predicted molar refractivity (Wildman–Crippen MR) is 98.3 cm³/mol. The van der Waals surface area contributed by atoms with Crippen LogP contribution in [0.3, 0.4) is 0 Å². The second kappa shape index (κ2) is 10.7. The Labute approximate surface area is 152 Å². The van der Waals surface area contributed by atoms with E-state index in [0.29, 0.717) is 19.0 Å². The van der Waals surface area contributed by atoms with E-state index in [0.717, 1.165) is 5.56 Å². The topological polar surface area (TPSA) is 39.7 Å². The monoisotopic (exact) mass is 444 g/mol. The highest BCUT2D eigenvalue weighted by atomic mass is 127. The van der Waals surface area contributed by atoms with Crippen LogP contribution in [0.4, 0.5) is 13.2 Å². The van der Waals surface area contributed by atoms with Crippen molar-refractivity contribution in [2.24, 2.45) is 4.99 Å². The van der Waals surface area contributed by atoms with Crippen molar-refractivity contribution in [3.63, 3.8) is 0 Å². The van der Waals surface area contributed by atoms with Crippen molar-refractivity contribution in [1.29, 1.82) is 0 Å². The van der Waals surface area contributed by atoms with Crippen molar-refractivity contribution in [3.8, 4) is 0 Å². The molecule has 0 fully saturated rings. The van der Waals surface area contributed by atoms with Gasteiger partial charge in [0.25, 0.3) is 0 Å². The van der Waals surface area contributed by atoms with Gasteiger partial charge in [0.15, 0.2) is 5.96 Å². The minimum Gasteiger partial charge on any atom is -0.355 e. The highest BCUT2D eigenvalue weighted by Crippen LogP contribution is 2.14. The van der Waals surface area contributed by atoms with Gasteiger partial charge in [-0.05, 0) is 19.5 Å². The Morgan fingerprint density at radius 1 is 1.26 bits per heavy atom. The fourth-order valence-corrected chi connectivity index (χ4v) is 1.98. The van der Waals surface area contributed by atoms with Crippen LogP contribution >= 0.6 is 24.0 Å². The minimum atomic E-state index is -4.17. The smallest absolute Gasteiger partial charge is 0.355 e. The zero-order chi connectivity index (χ0) is 16.6. The molecule has 0 bridgehead atoms. The van der Waals surface area contributed by atoms with E-state index >= 15 is 0 Å². The standard InChI is InChI=1S/C15H23F3N4.HI/c1-12-5-4-6-13(9-12)10-21-14(19-2)20-7-8-22(3)11-15(16,17)18;/h4-6,9H,7-8,10-11H2,1-3H3,(H2,19,20,21);1H. The van der Waals surface area contributed by atoms with Gasteiger partial charge in [0, 0.05) is 26.7 Å². The molecule has 0 saturated carbocycles. The van der Waals surface area contributed by atoms with Crippen LogP contribution in [0.1, 0.15) is 11.1 Å². The van der Waals surface area contributed by atoms with E-state index in [9.17, 15) is 13.2 Å². The first-order valence-electron chi connectivity index (χ1n) is 7.05. The lowest BCUT2D eigenvalue weighted by Crippen LogP contribution is -2.42. The second-order valence-electron chi connectivity index (χ2n) is 5.19. The summed E-state index contributed by atoms with van der Waals surface area (Å²) in [6.45, 7) is 2.39. The molecule has 23 heavy (non-hydrogen) atoms. The lowest BCUT2D eigenvalue weighted by molar-refractivity contribution is -0.142. The van der Waals surface area contributed by atoms with Gasteiger partial charge in [0.2, 0.25) is 0 Å². The molecule has 0 radical (unpaired) electrons. The molecule has 0 saturated heterocycles. The van der Waals surface area contributed by atoms with E-state index in [-0.39, 0.29) is 30.5 Å². The Balaban J connectivity index is 0.00000484. The van der Waals surface area contributed by atoms with Gasteiger partial charge in [-0.25, -0.2) is 0 Å². The van der Waals surface area contributed by atoms with Gasteiger partial charge in [-0.1, -0.05) is 29.8 Å². The Morgan fingerprint density at radius 3 is 2.52 bits per heavy atom. The van der Waals surface area contributed by atoms with Gasteiger partial charge < -0.3 is 10.6 Å². The quantitative estimate of drug-likeness (QED) is 0.403. The van der Waals surface area contributed by atoms with Gasteiger partial charge in [-0.2, -0.15) is 13.2 Å². The van der Waals surface area contributed by atoms with Crippen LogP contribution in [0.25, 0.3) is 0 Å². The number of halogens is 4. The van der Waals surface area contributed by atoms with Crippen LogP contribution in [0.15, 0.2) is 29.3 Å². The molecule has 0 spiro atoms. The zero-order valence-electron chi connectivity index (χ0n) is 13.6. The molecular weight excluding hydrogens is 420 g/mol. The van der Waals surface area contributed by atoms with Crippen molar-refractivity contribution < 1.29 is 13.2 Å². The molecule has 0 aliphatic heterocycles. The summed E-state index contributed by atoms with van der Waals surface area (Å²) in [4.78, 5) is 5.27. The number of nitrogens with one attached hydrogen (secondary N) is 2. The SMILES string of the molecule is CN=C(NCCN(C)CC(F)(F)F)NCc1cccc(C)c1.I. The van der Waals surface area contributed by atoms with E-state index in [4.69, 9.17) is 0 Å². The molecular formula is C15H24F3IN4. The summed E-state index contributed by atoms with van der Waals surface area (Å²) < 4.78 is 36.6. The van der Waals surface area contributed by atoms with Gasteiger partial charge in [-0.15, -0.1) is 24.0 Å². The number of aryl methyl sites for hydroxylation is 1. The first-order chi connectivity index (χ1) is 10.3. The number of nitrogens with zero attached hydrogens (tertiary/aromatic N) is 2. The molecule has 1 aromatic rings. The fraction of sp³-hybridized carbons (Fsp3) is 0.533. The molecule has 2 N–H and O–H groups in total. The van der Waals surface area contributed by atoms with Gasteiger partial charge >= 0.3 is 6.18 Å². The third-order valence-corrected chi connectivity index (χ3v) is 3.00. The largest absolute Gasteiger partial charge is 0.401 e. The molecule has 8 heteroatoms. The number of likely N-dealkylation sites (N-methyl/N-ethyl adjacent to an activating group) is 1. The number of rotatable bonds is 6. The summed E-state index contributed by atoms with van der Waals surface area (Å²) in [5, 5.41) is 6.13.